The van der Waals surface area contributed by atoms with Gasteiger partial charge in [0.05, 0.1) is 19.3 Å². The molecule has 112 valence electrons. The summed E-state index contributed by atoms with van der Waals surface area (Å²) in [6.07, 6.45) is 2.98. The van der Waals surface area contributed by atoms with E-state index in [1.54, 1.807) is 7.11 Å². The van der Waals surface area contributed by atoms with Gasteiger partial charge in [0.15, 0.2) is 5.96 Å². The van der Waals surface area contributed by atoms with Gasteiger partial charge in [0.2, 0.25) is 0 Å². The number of hydrogen-bond acceptors (Lipinski definition) is 5. The minimum atomic E-state index is 0. The standard InChI is InChI=1S/C14H22N4O.BrH/c1-10-8-16-12(11(2)13(10)19-4)9-17-14-15-6-5-7-18(14)3;/h8H,5-7,9H2,1-4H3,(H,15,17);1H. The fourth-order valence-corrected chi connectivity index (χ4v) is 2.32. The van der Waals surface area contributed by atoms with Crippen molar-refractivity contribution in [3.63, 3.8) is 0 Å². The van der Waals surface area contributed by atoms with Crippen molar-refractivity contribution < 1.29 is 4.74 Å². The summed E-state index contributed by atoms with van der Waals surface area (Å²) >= 11 is 0. The van der Waals surface area contributed by atoms with E-state index < -0.39 is 0 Å². The lowest BCUT2D eigenvalue weighted by atomic mass is 10.1. The number of nitrogens with zero attached hydrogens (tertiary/aromatic N) is 3. The zero-order valence-corrected chi connectivity index (χ0v) is 14.3. The SMILES string of the molecule is Br.COc1c(C)cnc(CNC2=NCCCN2C)c1C. The molecule has 2 rings (SSSR count). The van der Waals surface area contributed by atoms with Gasteiger partial charge in [-0.15, -0.1) is 17.0 Å². The summed E-state index contributed by atoms with van der Waals surface area (Å²) in [5.74, 6) is 1.87. The lowest BCUT2D eigenvalue weighted by molar-refractivity contribution is 0.406. The zero-order chi connectivity index (χ0) is 13.8. The number of methoxy groups -OCH3 is 1. The van der Waals surface area contributed by atoms with E-state index in [0.717, 1.165) is 48.0 Å². The molecule has 6 heteroatoms. The fraction of sp³-hybridized carbons (Fsp3) is 0.571. The predicted octanol–water partition coefficient (Wildman–Crippen LogP) is 2.07. The van der Waals surface area contributed by atoms with Gasteiger partial charge in [0.1, 0.15) is 5.75 Å². The third-order valence-corrected chi connectivity index (χ3v) is 3.44. The van der Waals surface area contributed by atoms with Crippen LogP contribution in [0.2, 0.25) is 0 Å². The first-order valence-corrected chi connectivity index (χ1v) is 6.62. The number of pyridine rings is 1. The van der Waals surface area contributed by atoms with Crippen LogP contribution in [0.5, 0.6) is 5.75 Å². The molecule has 1 N–H and O–H groups in total. The van der Waals surface area contributed by atoms with E-state index in [0.29, 0.717) is 6.54 Å². The number of aryl methyl sites for hydroxylation is 1. The highest BCUT2D eigenvalue weighted by Gasteiger charge is 2.13. The summed E-state index contributed by atoms with van der Waals surface area (Å²) in [5, 5.41) is 3.36. The van der Waals surface area contributed by atoms with Crippen molar-refractivity contribution in [1.29, 1.82) is 0 Å². The first-order chi connectivity index (χ1) is 9.13. The van der Waals surface area contributed by atoms with Gasteiger partial charge in [-0.25, -0.2) is 0 Å². The Morgan fingerprint density at radius 3 is 2.80 bits per heavy atom. The first-order valence-electron chi connectivity index (χ1n) is 6.62. The quantitative estimate of drug-likeness (QED) is 0.913. The summed E-state index contributed by atoms with van der Waals surface area (Å²) in [4.78, 5) is 11.1. The van der Waals surface area contributed by atoms with Gasteiger partial charge >= 0.3 is 0 Å². The highest BCUT2D eigenvalue weighted by atomic mass is 79.9. The van der Waals surface area contributed by atoms with Crippen LogP contribution in [-0.4, -0.2) is 43.1 Å². The Morgan fingerprint density at radius 1 is 1.40 bits per heavy atom. The summed E-state index contributed by atoms with van der Waals surface area (Å²) in [7, 11) is 3.76. The monoisotopic (exact) mass is 342 g/mol. The van der Waals surface area contributed by atoms with Crippen molar-refractivity contribution in [2.24, 2.45) is 4.99 Å². The van der Waals surface area contributed by atoms with E-state index in [1.165, 1.54) is 0 Å². The second-order valence-electron chi connectivity index (χ2n) is 4.88. The lowest BCUT2D eigenvalue weighted by Crippen LogP contribution is -2.42. The average molecular weight is 343 g/mol. The first kappa shape index (κ1) is 16.8. The molecule has 20 heavy (non-hydrogen) atoms. The Kier molecular flexibility index (Phi) is 6.26. The fourth-order valence-electron chi connectivity index (χ4n) is 2.32. The molecule has 1 aliphatic heterocycles. The topological polar surface area (TPSA) is 49.8 Å². The van der Waals surface area contributed by atoms with E-state index in [4.69, 9.17) is 4.74 Å². The third-order valence-electron chi connectivity index (χ3n) is 3.44. The molecule has 5 nitrogen and oxygen atoms in total. The average Bonchev–Trinajstić information content (AvgIpc) is 2.40. The molecule has 0 spiro atoms. The molecule has 1 aromatic heterocycles. The largest absolute Gasteiger partial charge is 0.496 e. The van der Waals surface area contributed by atoms with Crippen LogP contribution in [0.15, 0.2) is 11.2 Å². The van der Waals surface area contributed by atoms with Gasteiger partial charge in [-0.1, -0.05) is 0 Å². The summed E-state index contributed by atoms with van der Waals surface area (Å²) in [5.41, 5.74) is 3.16. The minimum absolute atomic E-state index is 0. The second kappa shape index (κ2) is 7.47. The second-order valence-corrected chi connectivity index (χ2v) is 4.88. The number of ether oxygens (including phenoxy) is 1. The van der Waals surface area contributed by atoms with Crippen molar-refractivity contribution in [3.8, 4) is 5.75 Å². The Bertz CT molecular complexity index is 490. The highest BCUT2D eigenvalue weighted by Crippen LogP contribution is 2.23. The van der Waals surface area contributed by atoms with Crippen LogP contribution >= 0.6 is 17.0 Å². The Hall–Kier alpha value is -1.30. The normalized spacial score (nSPS) is 14.4. The maximum Gasteiger partial charge on any atom is 0.193 e. The van der Waals surface area contributed by atoms with Crippen molar-refractivity contribution in [1.82, 2.24) is 15.2 Å². The van der Waals surface area contributed by atoms with Crippen LogP contribution in [0.4, 0.5) is 0 Å². The molecule has 0 aliphatic carbocycles. The van der Waals surface area contributed by atoms with Crippen LogP contribution < -0.4 is 10.1 Å². The van der Waals surface area contributed by atoms with E-state index in [2.05, 4.69) is 27.2 Å². The molecule has 0 bridgehead atoms. The summed E-state index contributed by atoms with van der Waals surface area (Å²) in [6, 6.07) is 0. The number of rotatable bonds is 3. The Morgan fingerprint density at radius 2 is 2.15 bits per heavy atom. The third kappa shape index (κ3) is 3.62. The molecule has 0 amide bonds. The summed E-state index contributed by atoms with van der Waals surface area (Å²) < 4.78 is 5.42. The minimum Gasteiger partial charge on any atom is -0.496 e. The summed E-state index contributed by atoms with van der Waals surface area (Å²) in [6.45, 7) is 6.68. The number of aliphatic imine (C=N–C) groups is 1. The molecule has 0 radical (unpaired) electrons. The van der Waals surface area contributed by atoms with E-state index in [1.807, 2.05) is 20.0 Å². The van der Waals surface area contributed by atoms with Gasteiger partial charge in [-0.3, -0.25) is 9.98 Å². The van der Waals surface area contributed by atoms with Gasteiger partial charge in [0.25, 0.3) is 0 Å². The molecule has 0 saturated carbocycles. The van der Waals surface area contributed by atoms with Crippen LogP contribution in [0.3, 0.4) is 0 Å². The molecular formula is C14H23BrN4O. The van der Waals surface area contributed by atoms with Gasteiger partial charge in [0, 0.05) is 37.5 Å². The van der Waals surface area contributed by atoms with E-state index in [-0.39, 0.29) is 17.0 Å². The number of hydrogen-bond donors (Lipinski definition) is 1. The van der Waals surface area contributed by atoms with Crippen molar-refractivity contribution in [2.45, 2.75) is 26.8 Å². The van der Waals surface area contributed by atoms with E-state index in [9.17, 15) is 0 Å². The number of guanidine groups is 1. The lowest BCUT2D eigenvalue weighted by Gasteiger charge is -2.25. The van der Waals surface area contributed by atoms with Gasteiger partial charge < -0.3 is 15.0 Å². The number of nitrogens with one attached hydrogen (secondary N) is 1. The molecule has 0 unspecified atom stereocenters. The van der Waals surface area contributed by atoms with Crippen molar-refractivity contribution in [2.75, 3.05) is 27.2 Å². The highest BCUT2D eigenvalue weighted by molar-refractivity contribution is 8.93. The smallest absolute Gasteiger partial charge is 0.193 e. The van der Waals surface area contributed by atoms with Crippen LogP contribution in [0.25, 0.3) is 0 Å². The van der Waals surface area contributed by atoms with Gasteiger partial charge in [-0.05, 0) is 20.3 Å². The molecule has 0 fully saturated rings. The Labute approximate surface area is 131 Å². The van der Waals surface area contributed by atoms with Crippen molar-refractivity contribution >= 4 is 22.9 Å². The van der Waals surface area contributed by atoms with Gasteiger partial charge in [-0.2, -0.15) is 0 Å². The van der Waals surface area contributed by atoms with Crippen LogP contribution in [0.1, 0.15) is 23.2 Å². The van der Waals surface area contributed by atoms with Crippen LogP contribution in [0, 0.1) is 13.8 Å². The molecule has 0 saturated heterocycles. The molecular weight excluding hydrogens is 320 g/mol. The predicted molar refractivity (Wildman–Crippen MR) is 87.0 cm³/mol. The van der Waals surface area contributed by atoms with Crippen LogP contribution in [-0.2, 0) is 6.54 Å². The maximum absolute atomic E-state index is 5.42. The molecule has 1 aromatic rings. The number of aromatic nitrogens is 1. The molecule has 2 heterocycles. The number of halogens is 1. The Balaban J connectivity index is 0.00000200. The molecule has 0 aromatic carbocycles. The molecule has 1 aliphatic rings. The van der Waals surface area contributed by atoms with E-state index >= 15 is 0 Å². The maximum atomic E-state index is 5.42. The van der Waals surface area contributed by atoms with Crippen molar-refractivity contribution in [3.05, 3.63) is 23.0 Å². The molecule has 0 atom stereocenters. The zero-order valence-electron chi connectivity index (χ0n) is 12.6.